The lowest BCUT2D eigenvalue weighted by molar-refractivity contribution is 0.417. The van der Waals surface area contributed by atoms with E-state index in [2.05, 4.69) is 4.98 Å². The van der Waals surface area contributed by atoms with Gasteiger partial charge in [0.25, 0.3) is 0 Å². The van der Waals surface area contributed by atoms with Crippen LogP contribution in [0.5, 0.6) is 5.75 Å². The average Bonchev–Trinajstić information content (AvgIpc) is 2.06. The highest BCUT2D eigenvalue weighted by Gasteiger charge is 2.20. The maximum atomic E-state index is 8.52. The first-order chi connectivity index (χ1) is 5.70. The summed E-state index contributed by atoms with van der Waals surface area (Å²) in [4.78, 5) is 2.94. The first-order valence-corrected chi connectivity index (χ1v) is 3.55. The monoisotopic (exact) mass is 184 g/mol. The van der Waals surface area contributed by atoms with Gasteiger partial charge < -0.3 is 10.5 Å². The molecule has 0 amide bonds. The second-order valence-corrected chi connectivity index (χ2v) is 2.52. The van der Waals surface area contributed by atoms with E-state index in [4.69, 9.17) is 27.5 Å². The standard InChI is InChI=1S/C7H7ClN3O/c1-12-5-3-2-4(8)7(11-10)6(5)9/h2-3H,9H2,1H3/q+1. The third kappa shape index (κ3) is 1.27. The van der Waals surface area contributed by atoms with Gasteiger partial charge in [0.1, 0.15) is 10.8 Å². The van der Waals surface area contributed by atoms with E-state index in [1.807, 2.05) is 0 Å². The van der Waals surface area contributed by atoms with Gasteiger partial charge in [0.15, 0.2) is 10.7 Å². The van der Waals surface area contributed by atoms with Crippen molar-refractivity contribution in [1.82, 2.24) is 0 Å². The van der Waals surface area contributed by atoms with Gasteiger partial charge in [-0.25, -0.2) is 0 Å². The molecule has 0 atom stereocenters. The van der Waals surface area contributed by atoms with Crippen LogP contribution < -0.4 is 10.5 Å². The van der Waals surface area contributed by atoms with E-state index in [-0.39, 0.29) is 16.4 Å². The van der Waals surface area contributed by atoms with Gasteiger partial charge >= 0.3 is 5.69 Å². The smallest absolute Gasteiger partial charge is 0.429 e. The molecule has 0 aromatic heterocycles. The number of benzene rings is 1. The number of anilines is 1. The Balaban J connectivity index is 3.36. The predicted molar refractivity (Wildman–Crippen MR) is 47.2 cm³/mol. The molecule has 0 fully saturated rings. The number of nitrogens with two attached hydrogens (primary N) is 1. The number of hydrogen-bond acceptors (Lipinski definition) is 3. The molecule has 12 heavy (non-hydrogen) atoms. The summed E-state index contributed by atoms with van der Waals surface area (Å²) in [6.45, 7) is 0. The summed E-state index contributed by atoms with van der Waals surface area (Å²) < 4.78 is 4.89. The van der Waals surface area contributed by atoms with Gasteiger partial charge in [-0.15, -0.1) is 0 Å². The highest BCUT2D eigenvalue weighted by molar-refractivity contribution is 6.34. The van der Waals surface area contributed by atoms with Crippen molar-refractivity contribution in [1.29, 1.82) is 5.39 Å². The minimum absolute atomic E-state index is 0.135. The normalized spacial score (nSPS) is 9.08. The van der Waals surface area contributed by atoms with Crippen LogP contribution in [0.15, 0.2) is 12.1 Å². The number of nitrogens with zero attached hydrogens (tertiary/aromatic N) is 2. The predicted octanol–water partition coefficient (Wildman–Crippen LogP) is 2.42. The zero-order valence-corrected chi connectivity index (χ0v) is 7.17. The number of hydrogen-bond donors (Lipinski definition) is 1. The Morgan fingerprint density at radius 2 is 2.25 bits per heavy atom. The fourth-order valence-electron chi connectivity index (χ4n) is 0.843. The molecule has 0 spiro atoms. The Labute approximate surface area is 74.5 Å². The molecule has 62 valence electrons. The van der Waals surface area contributed by atoms with Crippen LogP contribution in [0.3, 0.4) is 0 Å². The van der Waals surface area contributed by atoms with Gasteiger partial charge in [-0.1, -0.05) is 11.6 Å². The topological polar surface area (TPSA) is 63.4 Å². The summed E-state index contributed by atoms with van der Waals surface area (Å²) in [5, 5.41) is 8.81. The van der Waals surface area contributed by atoms with Crippen molar-refractivity contribution in [3.05, 3.63) is 22.1 Å². The van der Waals surface area contributed by atoms with Crippen molar-refractivity contribution in [3.63, 3.8) is 0 Å². The summed E-state index contributed by atoms with van der Waals surface area (Å²) in [5.74, 6) is 0.437. The van der Waals surface area contributed by atoms with Crippen molar-refractivity contribution < 1.29 is 4.74 Å². The van der Waals surface area contributed by atoms with E-state index >= 15 is 0 Å². The summed E-state index contributed by atoms with van der Waals surface area (Å²) >= 11 is 5.67. The van der Waals surface area contributed by atoms with Crippen LogP contribution in [0.1, 0.15) is 0 Å². The van der Waals surface area contributed by atoms with Gasteiger partial charge in [0, 0.05) is 0 Å². The number of rotatable bonds is 1. The van der Waals surface area contributed by atoms with E-state index < -0.39 is 0 Å². The molecule has 0 heterocycles. The number of nitrogen functional groups attached to an aromatic ring is 1. The number of diazo groups is 1. The van der Waals surface area contributed by atoms with Crippen LogP contribution in [0.2, 0.25) is 5.02 Å². The van der Waals surface area contributed by atoms with E-state index in [0.29, 0.717) is 5.75 Å². The highest BCUT2D eigenvalue weighted by atomic mass is 35.5. The largest absolute Gasteiger partial charge is 0.494 e. The molecule has 0 unspecified atom stereocenters. The molecule has 0 saturated heterocycles. The average molecular weight is 185 g/mol. The van der Waals surface area contributed by atoms with Crippen LogP contribution in [-0.2, 0) is 0 Å². The lowest BCUT2D eigenvalue weighted by Crippen LogP contribution is -1.92. The second kappa shape index (κ2) is 3.28. The SMILES string of the molecule is COc1ccc(Cl)c([N+]#N)c1N. The van der Waals surface area contributed by atoms with Crippen LogP contribution in [0.4, 0.5) is 11.4 Å². The maximum Gasteiger partial charge on any atom is 0.429 e. The lowest BCUT2D eigenvalue weighted by atomic mass is 10.2. The summed E-state index contributed by atoms with van der Waals surface area (Å²) in [5.41, 5.74) is 5.91. The minimum atomic E-state index is 0.135. The maximum absolute atomic E-state index is 8.52. The van der Waals surface area contributed by atoms with Gasteiger partial charge in [-0.2, -0.15) is 0 Å². The Bertz CT molecular complexity index is 345. The molecule has 0 bridgehead atoms. The quantitative estimate of drug-likeness (QED) is 0.539. The van der Waals surface area contributed by atoms with E-state index in [9.17, 15) is 0 Å². The van der Waals surface area contributed by atoms with Gasteiger partial charge in [-0.3, -0.25) is 0 Å². The molecule has 1 aromatic carbocycles. The first-order valence-electron chi connectivity index (χ1n) is 3.17. The molecular formula is C7H7ClN3O+. The van der Waals surface area contributed by atoms with Crippen molar-refractivity contribution >= 4 is 23.0 Å². The van der Waals surface area contributed by atoms with Crippen LogP contribution in [-0.4, -0.2) is 7.11 Å². The zero-order valence-electron chi connectivity index (χ0n) is 6.41. The molecule has 0 aliphatic carbocycles. The Kier molecular flexibility index (Phi) is 2.36. The van der Waals surface area contributed by atoms with Gasteiger partial charge in [-0.05, 0) is 12.1 Å². The third-order valence-corrected chi connectivity index (χ3v) is 1.75. The van der Waals surface area contributed by atoms with Crippen molar-refractivity contribution in [2.24, 2.45) is 0 Å². The Hall–Kier alpha value is -1.47. The van der Waals surface area contributed by atoms with Crippen LogP contribution in [0.25, 0.3) is 4.98 Å². The summed E-state index contributed by atoms with van der Waals surface area (Å²) in [7, 11) is 1.47. The Morgan fingerprint density at radius 1 is 1.58 bits per heavy atom. The molecular weight excluding hydrogens is 178 g/mol. The minimum Gasteiger partial charge on any atom is -0.494 e. The molecule has 0 aliphatic heterocycles. The van der Waals surface area contributed by atoms with E-state index in [1.165, 1.54) is 7.11 Å². The number of ether oxygens (including phenoxy) is 1. The summed E-state index contributed by atoms with van der Waals surface area (Å²) in [6.07, 6.45) is 0. The van der Waals surface area contributed by atoms with E-state index in [1.54, 1.807) is 12.1 Å². The molecule has 0 saturated carbocycles. The van der Waals surface area contributed by atoms with Crippen molar-refractivity contribution in [2.75, 3.05) is 12.8 Å². The fraction of sp³-hybridized carbons (Fsp3) is 0.143. The molecule has 1 aromatic rings. The molecule has 5 heteroatoms. The molecule has 4 nitrogen and oxygen atoms in total. The van der Waals surface area contributed by atoms with Crippen molar-refractivity contribution in [3.8, 4) is 5.75 Å². The molecule has 0 radical (unpaired) electrons. The fourth-order valence-corrected chi connectivity index (χ4v) is 1.05. The molecule has 0 aliphatic rings. The second-order valence-electron chi connectivity index (χ2n) is 2.11. The number of methoxy groups -OCH3 is 1. The lowest BCUT2D eigenvalue weighted by Gasteiger charge is -2.00. The van der Waals surface area contributed by atoms with Crippen LogP contribution in [0, 0.1) is 5.39 Å². The number of halogens is 1. The Morgan fingerprint density at radius 3 is 2.75 bits per heavy atom. The van der Waals surface area contributed by atoms with Gasteiger partial charge in [0.05, 0.1) is 7.11 Å². The molecule has 1 rings (SSSR count). The third-order valence-electron chi connectivity index (χ3n) is 1.45. The van der Waals surface area contributed by atoms with Crippen molar-refractivity contribution in [2.45, 2.75) is 0 Å². The zero-order chi connectivity index (χ0) is 9.14. The first kappa shape index (κ1) is 8.62. The highest BCUT2D eigenvalue weighted by Crippen LogP contribution is 2.37. The molecule has 2 N–H and O–H groups in total. The van der Waals surface area contributed by atoms with E-state index in [0.717, 1.165) is 0 Å². The van der Waals surface area contributed by atoms with Crippen LogP contribution >= 0.6 is 11.6 Å². The van der Waals surface area contributed by atoms with Gasteiger partial charge in [0.2, 0.25) is 5.39 Å². The summed E-state index contributed by atoms with van der Waals surface area (Å²) in [6, 6.07) is 3.15.